The first-order valence-corrected chi connectivity index (χ1v) is 8.05. The van der Waals surface area contributed by atoms with Gasteiger partial charge in [-0.1, -0.05) is 48.5 Å². The molecule has 0 radical (unpaired) electrons. The number of para-hydroxylation sites is 2. The van der Waals surface area contributed by atoms with Crippen molar-refractivity contribution in [1.29, 1.82) is 0 Å². The third-order valence-corrected chi connectivity index (χ3v) is 4.14. The molecule has 1 unspecified atom stereocenters. The first kappa shape index (κ1) is 15.2. The molecule has 5 heteroatoms. The van der Waals surface area contributed by atoms with E-state index in [2.05, 4.69) is 10.6 Å². The summed E-state index contributed by atoms with van der Waals surface area (Å²) in [5, 5.41) is 7.64. The lowest BCUT2D eigenvalue weighted by Gasteiger charge is -2.25. The van der Waals surface area contributed by atoms with E-state index in [-0.39, 0.29) is 18.2 Å². The molecule has 2 N–H and O–H groups in total. The van der Waals surface area contributed by atoms with Crippen LogP contribution >= 0.6 is 0 Å². The Morgan fingerprint density at radius 2 is 1.76 bits per heavy atom. The number of anilines is 2. The summed E-state index contributed by atoms with van der Waals surface area (Å²) >= 11 is 0. The second-order valence-corrected chi connectivity index (χ2v) is 5.87. The number of hydrogen-bond donors (Lipinski definition) is 2. The Balaban J connectivity index is 1.50. The summed E-state index contributed by atoms with van der Waals surface area (Å²) in [7, 11) is 0. The summed E-state index contributed by atoms with van der Waals surface area (Å²) < 4.78 is 5.67. The van der Waals surface area contributed by atoms with E-state index in [4.69, 9.17) is 4.74 Å². The van der Waals surface area contributed by atoms with Gasteiger partial charge in [-0.05, 0) is 23.6 Å². The van der Waals surface area contributed by atoms with Gasteiger partial charge in [-0.25, -0.2) is 0 Å². The number of rotatable bonds is 3. The van der Waals surface area contributed by atoms with Crippen LogP contribution in [0.4, 0.5) is 11.4 Å². The van der Waals surface area contributed by atoms with Crippen molar-refractivity contribution < 1.29 is 14.3 Å². The Morgan fingerprint density at radius 1 is 1.00 bits per heavy atom. The average molecular weight is 332 g/mol. The van der Waals surface area contributed by atoms with Crippen molar-refractivity contribution in [2.75, 3.05) is 10.6 Å². The van der Waals surface area contributed by atoms with Gasteiger partial charge in [-0.3, -0.25) is 9.59 Å². The Bertz CT molecular complexity index is 963. The lowest BCUT2D eigenvalue weighted by Crippen LogP contribution is -2.39. The number of benzene rings is 3. The van der Waals surface area contributed by atoms with Crippen molar-refractivity contribution in [1.82, 2.24) is 0 Å². The second-order valence-electron chi connectivity index (χ2n) is 5.87. The van der Waals surface area contributed by atoms with E-state index < -0.39 is 6.10 Å². The monoisotopic (exact) mass is 332 g/mol. The molecule has 0 bridgehead atoms. The van der Waals surface area contributed by atoms with Crippen LogP contribution in [0.1, 0.15) is 6.42 Å². The number of fused-ring (bicyclic) bond motifs is 2. The lowest BCUT2D eigenvalue weighted by atomic mass is 10.1. The number of carbonyl (C=O) groups is 2. The van der Waals surface area contributed by atoms with Crippen LogP contribution < -0.4 is 15.4 Å². The molecule has 1 atom stereocenters. The SMILES string of the molecule is O=C(CC1Oc2ccccc2NC1=O)Nc1cccc2ccccc12. The Kier molecular flexibility index (Phi) is 3.82. The predicted molar refractivity (Wildman–Crippen MR) is 96.7 cm³/mol. The fraction of sp³-hybridized carbons (Fsp3) is 0.100. The zero-order valence-corrected chi connectivity index (χ0v) is 13.4. The molecule has 0 saturated carbocycles. The molecule has 1 aliphatic rings. The third kappa shape index (κ3) is 3.04. The highest BCUT2D eigenvalue weighted by atomic mass is 16.5. The Morgan fingerprint density at radius 3 is 2.68 bits per heavy atom. The van der Waals surface area contributed by atoms with Gasteiger partial charge >= 0.3 is 0 Å². The molecule has 1 heterocycles. The van der Waals surface area contributed by atoms with Crippen LogP contribution in [0.25, 0.3) is 10.8 Å². The number of nitrogens with one attached hydrogen (secondary N) is 2. The molecular formula is C20H16N2O3. The van der Waals surface area contributed by atoms with Crippen LogP contribution in [0, 0.1) is 0 Å². The summed E-state index contributed by atoms with van der Waals surface area (Å²) in [6.07, 6.45) is -0.895. The normalized spacial score (nSPS) is 15.8. The van der Waals surface area contributed by atoms with Crippen LogP contribution in [-0.2, 0) is 9.59 Å². The fourth-order valence-corrected chi connectivity index (χ4v) is 2.93. The van der Waals surface area contributed by atoms with Crippen molar-refractivity contribution >= 4 is 34.0 Å². The first-order chi connectivity index (χ1) is 12.2. The maximum atomic E-state index is 12.4. The Labute approximate surface area is 144 Å². The molecule has 0 saturated heterocycles. The van der Waals surface area contributed by atoms with E-state index in [0.717, 1.165) is 16.5 Å². The van der Waals surface area contributed by atoms with E-state index >= 15 is 0 Å². The molecule has 2 amide bonds. The number of ether oxygens (including phenoxy) is 1. The summed E-state index contributed by atoms with van der Waals surface area (Å²) in [5.41, 5.74) is 1.35. The van der Waals surface area contributed by atoms with E-state index in [1.165, 1.54) is 0 Å². The van der Waals surface area contributed by atoms with E-state index in [1.807, 2.05) is 54.6 Å². The molecule has 0 spiro atoms. The summed E-state index contributed by atoms with van der Waals surface area (Å²) in [5.74, 6) is -0.00675. The second kappa shape index (κ2) is 6.28. The molecular weight excluding hydrogens is 316 g/mol. The van der Waals surface area contributed by atoms with Gasteiger partial charge < -0.3 is 15.4 Å². The third-order valence-electron chi connectivity index (χ3n) is 4.14. The topological polar surface area (TPSA) is 67.4 Å². The Hall–Kier alpha value is -3.34. The molecule has 25 heavy (non-hydrogen) atoms. The standard InChI is InChI=1S/C20H16N2O3/c23-19(21-15-10-5-7-13-6-1-2-8-14(13)15)12-18-20(24)22-16-9-3-4-11-17(16)25-18/h1-11,18H,12H2,(H,21,23)(H,22,24). The van der Waals surface area contributed by atoms with Gasteiger partial charge in [-0.15, -0.1) is 0 Å². The lowest BCUT2D eigenvalue weighted by molar-refractivity contribution is -0.128. The average Bonchev–Trinajstić information content (AvgIpc) is 2.63. The van der Waals surface area contributed by atoms with Gasteiger partial charge in [0.25, 0.3) is 5.91 Å². The molecule has 3 aromatic carbocycles. The van der Waals surface area contributed by atoms with Crippen LogP contribution in [-0.4, -0.2) is 17.9 Å². The quantitative estimate of drug-likeness (QED) is 0.770. The molecule has 4 rings (SSSR count). The van der Waals surface area contributed by atoms with E-state index in [9.17, 15) is 9.59 Å². The van der Waals surface area contributed by atoms with Crippen molar-refractivity contribution in [3.8, 4) is 5.75 Å². The molecule has 124 valence electrons. The fourth-order valence-electron chi connectivity index (χ4n) is 2.93. The van der Waals surface area contributed by atoms with Crippen molar-refractivity contribution in [2.45, 2.75) is 12.5 Å². The van der Waals surface area contributed by atoms with E-state index in [0.29, 0.717) is 11.4 Å². The maximum Gasteiger partial charge on any atom is 0.266 e. The van der Waals surface area contributed by atoms with Gasteiger partial charge in [0.2, 0.25) is 5.91 Å². The number of amides is 2. The van der Waals surface area contributed by atoms with Gasteiger partial charge in [0, 0.05) is 11.1 Å². The molecule has 3 aromatic rings. The smallest absolute Gasteiger partial charge is 0.266 e. The van der Waals surface area contributed by atoms with Gasteiger partial charge in [0.1, 0.15) is 5.75 Å². The van der Waals surface area contributed by atoms with Crippen LogP contribution in [0.5, 0.6) is 5.75 Å². The van der Waals surface area contributed by atoms with Crippen LogP contribution in [0.2, 0.25) is 0 Å². The highest BCUT2D eigenvalue weighted by molar-refractivity contribution is 6.05. The minimum absolute atomic E-state index is 0.0522. The summed E-state index contributed by atoms with van der Waals surface area (Å²) in [4.78, 5) is 24.6. The van der Waals surface area contributed by atoms with Crippen LogP contribution in [0.15, 0.2) is 66.7 Å². The zero-order valence-electron chi connectivity index (χ0n) is 13.4. The largest absolute Gasteiger partial charge is 0.478 e. The highest BCUT2D eigenvalue weighted by Gasteiger charge is 2.29. The summed E-state index contributed by atoms with van der Waals surface area (Å²) in [6.45, 7) is 0. The number of hydrogen-bond acceptors (Lipinski definition) is 3. The van der Waals surface area contributed by atoms with Gasteiger partial charge in [0.05, 0.1) is 12.1 Å². The molecule has 0 aromatic heterocycles. The minimum Gasteiger partial charge on any atom is -0.478 e. The van der Waals surface area contributed by atoms with Gasteiger partial charge in [0.15, 0.2) is 6.10 Å². The van der Waals surface area contributed by atoms with Crippen LogP contribution in [0.3, 0.4) is 0 Å². The molecule has 0 aliphatic carbocycles. The predicted octanol–water partition coefficient (Wildman–Crippen LogP) is 3.57. The van der Waals surface area contributed by atoms with E-state index in [1.54, 1.807) is 12.1 Å². The molecule has 0 fully saturated rings. The summed E-state index contributed by atoms with van der Waals surface area (Å²) in [6, 6.07) is 20.7. The first-order valence-electron chi connectivity index (χ1n) is 8.05. The van der Waals surface area contributed by atoms with Crippen molar-refractivity contribution in [3.05, 3.63) is 66.7 Å². The van der Waals surface area contributed by atoms with Crippen molar-refractivity contribution in [2.24, 2.45) is 0 Å². The molecule has 5 nitrogen and oxygen atoms in total. The highest BCUT2D eigenvalue weighted by Crippen LogP contribution is 2.30. The maximum absolute atomic E-state index is 12.4. The van der Waals surface area contributed by atoms with Crippen molar-refractivity contribution in [3.63, 3.8) is 0 Å². The number of carbonyl (C=O) groups excluding carboxylic acids is 2. The zero-order chi connectivity index (χ0) is 17.2. The minimum atomic E-state index is -0.843. The van der Waals surface area contributed by atoms with Gasteiger partial charge in [-0.2, -0.15) is 0 Å². The molecule has 1 aliphatic heterocycles.